The lowest BCUT2D eigenvalue weighted by atomic mass is 9.92. The second-order valence-electron chi connectivity index (χ2n) is 8.15. The summed E-state index contributed by atoms with van der Waals surface area (Å²) in [5.74, 6) is 0.0342. The largest absolute Gasteiger partial charge is 0.397 e. The molecule has 3 heterocycles. The number of carbonyl (C=O) groups is 2. The van der Waals surface area contributed by atoms with Gasteiger partial charge in [-0.25, -0.2) is 0 Å². The minimum absolute atomic E-state index is 0.0137. The van der Waals surface area contributed by atoms with Gasteiger partial charge in [0.2, 0.25) is 5.91 Å². The van der Waals surface area contributed by atoms with Gasteiger partial charge in [-0.2, -0.15) is 0 Å². The van der Waals surface area contributed by atoms with Crippen molar-refractivity contribution in [3.63, 3.8) is 0 Å². The fourth-order valence-corrected chi connectivity index (χ4v) is 4.61. The van der Waals surface area contributed by atoms with Crippen molar-refractivity contribution in [2.24, 2.45) is 0 Å². The molecular weight excluding hydrogens is 376 g/mol. The molecule has 1 fully saturated rings. The Morgan fingerprint density at radius 2 is 1.93 bits per heavy atom. The van der Waals surface area contributed by atoms with Crippen LogP contribution in [0.5, 0.6) is 0 Å². The summed E-state index contributed by atoms with van der Waals surface area (Å²) in [7, 11) is 0. The van der Waals surface area contributed by atoms with Gasteiger partial charge in [0.25, 0.3) is 5.91 Å². The predicted molar refractivity (Wildman–Crippen MR) is 116 cm³/mol. The number of likely N-dealkylation sites (tertiary alicyclic amines) is 1. The summed E-state index contributed by atoms with van der Waals surface area (Å²) in [5.41, 5.74) is 10.5. The normalized spacial score (nSPS) is 18.7. The minimum atomic E-state index is -0.0621. The Balaban J connectivity index is 1.31. The SMILES string of the molecule is Nc1cc2ccccc2nc1C1CCCN(C(=O)CN2Cc3ccccc3C2=O)C1. The summed E-state index contributed by atoms with van der Waals surface area (Å²) in [6.45, 7) is 1.90. The number of hydrogen-bond acceptors (Lipinski definition) is 4. The van der Waals surface area contributed by atoms with Crippen molar-refractivity contribution in [2.75, 3.05) is 25.4 Å². The Kier molecular flexibility index (Phi) is 4.62. The Bertz CT molecular complexity index is 1140. The molecule has 6 nitrogen and oxygen atoms in total. The van der Waals surface area contributed by atoms with Gasteiger partial charge in [0, 0.05) is 36.5 Å². The minimum Gasteiger partial charge on any atom is -0.397 e. The first-order valence-corrected chi connectivity index (χ1v) is 10.4. The van der Waals surface area contributed by atoms with E-state index in [1.807, 2.05) is 59.5 Å². The first-order valence-electron chi connectivity index (χ1n) is 10.4. The lowest BCUT2D eigenvalue weighted by Gasteiger charge is -2.34. The Labute approximate surface area is 175 Å². The van der Waals surface area contributed by atoms with E-state index in [0.29, 0.717) is 30.9 Å². The maximum Gasteiger partial charge on any atom is 0.254 e. The summed E-state index contributed by atoms with van der Waals surface area (Å²) >= 11 is 0. The number of carbonyl (C=O) groups excluding carboxylic acids is 2. The molecule has 1 unspecified atom stereocenters. The third kappa shape index (κ3) is 3.28. The molecule has 3 aromatic rings. The molecule has 1 atom stereocenters. The van der Waals surface area contributed by atoms with Crippen LogP contribution in [0.1, 0.15) is 40.4 Å². The molecule has 30 heavy (non-hydrogen) atoms. The van der Waals surface area contributed by atoms with Crippen LogP contribution in [0.15, 0.2) is 54.6 Å². The lowest BCUT2D eigenvalue weighted by Crippen LogP contribution is -2.45. The van der Waals surface area contributed by atoms with E-state index >= 15 is 0 Å². The van der Waals surface area contributed by atoms with Crippen molar-refractivity contribution in [3.8, 4) is 0 Å². The van der Waals surface area contributed by atoms with Crippen LogP contribution >= 0.6 is 0 Å². The number of amides is 2. The second kappa shape index (κ2) is 7.44. The van der Waals surface area contributed by atoms with Gasteiger partial charge in [0.05, 0.1) is 16.9 Å². The van der Waals surface area contributed by atoms with Gasteiger partial charge in [-0.15, -0.1) is 0 Å². The number of benzene rings is 2. The van der Waals surface area contributed by atoms with Gasteiger partial charge in [0.15, 0.2) is 0 Å². The number of para-hydroxylation sites is 1. The maximum absolute atomic E-state index is 13.0. The van der Waals surface area contributed by atoms with Gasteiger partial charge < -0.3 is 15.5 Å². The number of hydrogen-bond donors (Lipinski definition) is 1. The molecule has 1 aromatic heterocycles. The number of fused-ring (bicyclic) bond motifs is 2. The average molecular weight is 400 g/mol. The molecule has 2 aliphatic heterocycles. The summed E-state index contributed by atoms with van der Waals surface area (Å²) < 4.78 is 0. The molecule has 2 N–H and O–H groups in total. The van der Waals surface area contributed by atoms with Crippen LogP contribution in [0.4, 0.5) is 5.69 Å². The van der Waals surface area contributed by atoms with E-state index in [4.69, 9.17) is 10.7 Å². The monoisotopic (exact) mass is 400 g/mol. The Hall–Kier alpha value is -3.41. The molecule has 0 spiro atoms. The molecular formula is C24H24N4O2. The molecule has 0 saturated carbocycles. The quantitative estimate of drug-likeness (QED) is 0.732. The van der Waals surface area contributed by atoms with Crippen LogP contribution < -0.4 is 5.73 Å². The van der Waals surface area contributed by atoms with E-state index < -0.39 is 0 Å². The number of rotatable bonds is 3. The van der Waals surface area contributed by atoms with Crippen LogP contribution in [0.25, 0.3) is 10.9 Å². The number of aromatic nitrogens is 1. The summed E-state index contributed by atoms with van der Waals surface area (Å²) in [5, 5.41) is 1.02. The number of pyridine rings is 1. The van der Waals surface area contributed by atoms with Crippen LogP contribution in [0, 0.1) is 0 Å². The molecule has 6 heteroatoms. The highest BCUT2D eigenvalue weighted by Gasteiger charge is 2.32. The van der Waals surface area contributed by atoms with Crippen LogP contribution in [-0.4, -0.2) is 46.2 Å². The number of nitrogens with zero attached hydrogens (tertiary/aromatic N) is 3. The van der Waals surface area contributed by atoms with E-state index in [-0.39, 0.29) is 24.3 Å². The number of nitrogen functional groups attached to an aromatic ring is 1. The molecule has 0 aliphatic carbocycles. The Morgan fingerprint density at radius 1 is 1.13 bits per heavy atom. The third-order valence-corrected chi connectivity index (χ3v) is 6.17. The van der Waals surface area contributed by atoms with Gasteiger partial charge in [-0.05, 0) is 36.6 Å². The van der Waals surface area contributed by atoms with Gasteiger partial charge in [-0.3, -0.25) is 14.6 Å². The fraction of sp³-hybridized carbons (Fsp3) is 0.292. The standard InChI is InChI=1S/C24H24N4O2/c25-20-12-16-6-2-4-10-21(16)26-23(20)18-8-5-11-27(14-18)22(29)15-28-13-17-7-1-3-9-19(17)24(28)30/h1-4,6-7,9-10,12,18H,5,8,11,13-15,25H2. The average Bonchev–Trinajstić information content (AvgIpc) is 3.09. The molecule has 2 amide bonds. The zero-order chi connectivity index (χ0) is 20.7. The first kappa shape index (κ1) is 18.6. The first-order chi connectivity index (χ1) is 14.6. The van der Waals surface area contributed by atoms with Crippen molar-refractivity contribution < 1.29 is 9.59 Å². The molecule has 0 bridgehead atoms. The topological polar surface area (TPSA) is 79.5 Å². The van der Waals surface area contributed by atoms with Crippen molar-refractivity contribution in [3.05, 3.63) is 71.4 Å². The zero-order valence-corrected chi connectivity index (χ0v) is 16.8. The van der Waals surface area contributed by atoms with Crippen molar-refractivity contribution >= 4 is 28.4 Å². The Morgan fingerprint density at radius 3 is 2.80 bits per heavy atom. The smallest absolute Gasteiger partial charge is 0.254 e. The summed E-state index contributed by atoms with van der Waals surface area (Å²) in [4.78, 5) is 33.9. The van der Waals surface area contributed by atoms with Crippen molar-refractivity contribution in [1.29, 1.82) is 0 Å². The van der Waals surface area contributed by atoms with Gasteiger partial charge in [0.1, 0.15) is 6.54 Å². The van der Waals surface area contributed by atoms with Crippen molar-refractivity contribution in [2.45, 2.75) is 25.3 Å². The van der Waals surface area contributed by atoms with Crippen LogP contribution in [0.3, 0.4) is 0 Å². The zero-order valence-electron chi connectivity index (χ0n) is 16.8. The fourth-order valence-electron chi connectivity index (χ4n) is 4.61. The van der Waals surface area contributed by atoms with E-state index in [0.717, 1.165) is 35.0 Å². The maximum atomic E-state index is 13.0. The highest BCUT2D eigenvalue weighted by atomic mass is 16.2. The molecule has 2 aromatic carbocycles. The van der Waals surface area contributed by atoms with Gasteiger partial charge in [-0.1, -0.05) is 36.4 Å². The number of anilines is 1. The third-order valence-electron chi connectivity index (χ3n) is 6.17. The molecule has 152 valence electrons. The van der Waals surface area contributed by atoms with Crippen molar-refractivity contribution in [1.82, 2.24) is 14.8 Å². The van der Waals surface area contributed by atoms with Crippen LogP contribution in [-0.2, 0) is 11.3 Å². The number of piperidine rings is 1. The highest BCUT2D eigenvalue weighted by Crippen LogP contribution is 2.31. The summed E-state index contributed by atoms with van der Waals surface area (Å²) in [6.07, 6.45) is 1.85. The lowest BCUT2D eigenvalue weighted by molar-refractivity contribution is -0.133. The summed E-state index contributed by atoms with van der Waals surface area (Å²) in [6, 6.07) is 17.5. The van der Waals surface area contributed by atoms with Crippen LogP contribution in [0.2, 0.25) is 0 Å². The molecule has 2 aliphatic rings. The molecule has 5 rings (SSSR count). The second-order valence-corrected chi connectivity index (χ2v) is 8.15. The highest BCUT2D eigenvalue weighted by molar-refractivity contribution is 6.00. The predicted octanol–water partition coefficient (Wildman–Crippen LogP) is 3.18. The van der Waals surface area contributed by atoms with Gasteiger partial charge >= 0.3 is 0 Å². The number of nitrogens with two attached hydrogens (primary N) is 1. The molecule has 1 saturated heterocycles. The van der Waals surface area contributed by atoms with E-state index in [2.05, 4.69) is 0 Å². The van der Waals surface area contributed by atoms with E-state index in [9.17, 15) is 9.59 Å². The van der Waals surface area contributed by atoms with E-state index in [1.165, 1.54) is 0 Å². The molecule has 0 radical (unpaired) electrons. The van der Waals surface area contributed by atoms with E-state index in [1.54, 1.807) is 4.90 Å².